The minimum atomic E-state index is -5.04. The van der Waals surface area contributed by atoms with Gasteiger partial charge in [-0.25, -0.2) is 0 Å². The molecule has 0 bridgehead atoms. The summed E-state index contributed by atoms with van der Waals surface area (Å²) in [4.78, 5) is 0. The molecule has 6 heteroatoms. The Balaban J connectivity index is 2.77. The van der Waals surface area contributed by atoms with E-state index in [9.17, 15) is 12.9 Å². The first-order valence-corrected chi connectivity index (χ1v) is 5.37. The van der Waals surface area contributed by atoms with E-state index < -0.39 is 12.4 Å². The van der Waals surface area contributed by atoms with Gasteiger partial charge in [0.2, 0.25) is 0 Å². The average molecular weight is 247 g/mol. The maximum atomic E-state index is 12.8. The Labute approximate surface area is 98.8 Å². The van der Waals surface area contributed by atoms with Crippen molar-refractivity contribution in [3.63, 3.8) is 0 Å². The van der Waals surface area contributed by atoms with E-state index in [-0.39, 0.29) is 12.4 Å². The van der Waals surface area contributed by atoms with E-state index in [4.69, 9.17) is 9.47 Å². The maximum absolute atomic E-state index is 12.8. The lowest BCUT2D eigenvalue weighted by molar-refractivity contribution is 0.172. The van der Waals surface area contributed by atoms with Gasteiger partial charge in [-0.05, 0) is 13.0 Å². The summed E-state index contributed by atoms with van der Waals surface area (Å²) in [6.45, 7) is -2.72. The predicted octanol–water partition coefficient (Wildman–Crippen LogP) is 2.46. The van der Waals surface area contributed by atoms with Crippen molar-refractivity contribution >= 4 is 12.4 Å². The lowest BCUT2D eigenvalue weighted by Crippen LogP contribution is -2.35. The standard InChI is InChI=1S/C11H15BF3O2/c1-9-4-5-11(17-7-3-6-16-2)10(8-9)12(13,14)15/h4-5,8H,3,6-7H2,1-2H3/q-1. The van der Waals surface area contributed by atoms with Gasteiger partial charge in [-0.1, -0.05) is 23.2 Å². The third-order valence-electron chi connectivity index (χ3n) is 2.27. The molecular weight excluding hydrogens is 232 g/mol. The molecule has 0 fully saturated rings. The van der Waals surface area contributed by atoms with E-state index in [2.05, 4.69) is 0 Å². The van der Waals surface area contributed by atoms with Crippen LogP contribution in [0.1, 0.15) is 12.0 Å². The molecule has 0 aliphatic carbocycles. The largest absolute Gasteiger partial charge is 0.513 e. The number of benzene rings is 1. The molecule has 1 aromatic carbocycles. The Morgan fingerprint density at radius 2 is 1.88 bits per heavy atom. The zero-order valence-electron chi connectivity index (χ0n) is 9.88. The molecule has 0 aliphatic rings. The fraction of sp³-hybridized carbons (Fsp3) is 0.455. The average Bonchev–Trinajstić information content (AvgIpc) is 2.25. The molecule has 0 aromatic heterocycles. The number of aryl methyl sites for hydroxylation is 1. The molecule has 0 radical (unpaired) electrons. The van der Waals surface area contributed by atoms with Crippen LogP contribution in [0, 0.1) is 6.92 Å². The lowest BCUT2D eigenvalue weighted by Gasteiger charge is -2.20. The summed E-state index contributed by atoms with van der Waals surface area (Å²) in [6.07, 6.45) is 0.564. The van der Waals surface area contributed by atoms with Crippen molar-refractivity contribution in [3.05, 3.63) is 23.8 Å². The lowest BCUT2D eigenvalue weighted by atomic mass is 9.78. The first kappa shape index (κ1) is 13.9. The predicted molar refractivity (Wildman–Crippen MR) is 61.9 cm³/mol. The molecule has 0 amide bonds. The molecule has 0 heterocycles. The molecule has 1 rings (SSSR count). The summed E-state index contributed by atoms with van der Waals surface area (Å²) in [5.74, 6) is -0.0980. The Hall–Kier alpha value is -1.17. The van der Waals surface area contributed by atoms with E-state index in [1.165, 1.54) is 13.2 Å². The molecule has 96 valence electrons. The molecule has 0 aliphatic heterocycles. The Morgan fingerprint density at radius 1 is 1.18 bits per heavy atom. The monoisotopic (exact) mass is 247 g/mol. The molecular formula is C11H15BF3O2-. The van der Waals surface area contributed by atoms with E-state index in [1.54, 1.807) is 13.0 Å². The number of hydrogen-bond donors (Lipinski definition) is 0. The summed E-state index contributed by atoms with van der Waals surface area (Å²) in [7, 11) is 1.54. The van der Waals surface area contributed by atoms with Crippen LogP contribution in [0.3, 0.4) is 0 Å². The van der Waals surface area contributed by atoms with Crippen molar-refractivity contribution in [1.29, 1.82) is 0 Å². The summed E-state index contributed by atoms with van der Waals surface area (Å²) in [5, 5.41) is 0. The van der Waals surface area contributed by atoms with Gasteiger partial charge in [0.15, 0.2) is 0 Å². The second-order valence-electron chi connectivity index (χ2n) is 3.81. The molecule has 0 unspecified atom stereocenters. The summed E-state index contributed by atoms with van der Waals surface area (Å²) in [6, 6.07) is 4.09. The highest BCUT2D eigenvalue weighted by Gasteiger charge is 2.29. The van der Waals surface area contributed by atoms with Gasteiger partial charge in [-0.15, -0.1) is 0 Å². The van der Waals surface area contributed by atoms with E-state index in [0.29, 0.717) is 18.6 Å². The van der Waals surface area contributed by atoms with Crippen LogP contribution < -0.4 is 10.2 Å². The van der Waals surface area contributed by atoms with Crippen LogP contribution in [0.25, 0.3) is 0 Å². The fourth-order valence-corrected chi connectivity index (χ4v) is 1.44. The molecule has 0 saturated carbocycles. The number of hydrogen-bond acceptors (Lipinski definition) is 2. The zero-order chi connectivity index (χ0) is 12.9. The van der Waals surface area contributed by atoms with Crippen LogP contribution >= 0.6 is 0 Å². The van der Waals surface area contributed by atoms with Gasteiger partial charge in [0.1, 0.15) is 0 Å². The molecule has 0 N–H and O–H groups in total. The minimum Gasteiger partial charge on any atom is -0.496 e. The van der Waals surface area contributed by atoms with E-state index in [0.717, 1.165) is 6.07 Å². The van der Waals surface area contributed by atoms with Gasteiger partial charge in [0, 0.05) is 20.1 Å². The molecule has 0 atom stereocenters. The first-order valence-electron chi connectivity index (χ1n) is 5.37. The second-order valence-corrected chi connectivity index (χ2v) is 3.81. The fourth-order valence-electron chi connectivity index (χ4n) is 1.44. The van der Waals surface area contributed by atoms with Gasteiger partial charge in [0.25, 0.3) is 0 Å². The van der Waals surface area contributed by atoms with Crippen molar-refractivity contribution in [2.24, 2.45) is 0 Å². The van der Waals surface area contributed by atoms with Crippen LogP contribution in [-0.4, -0.2) is 27.3 Å². The highest BCUT2D eigenvalue weighted by Crippen LogP contribution is 2.19. The van der Waals surface area contributed by atoms with Crippen molar-refractivity contribution in [3.8, 4) is 5.75 Å². The van der Waals surface area contributed by atoms with E-state index >= 15 is 0 Å². The van der Waals surface area contributed by atoms with Crippen molar-refractivity contribution in [1.82, 2.24) is 0 Å². The number of methoxy groups -OCH3 is 1. The molecule has 2 nitrogen and oxygen atoms in total. The number of halogens is 3. The van der Waals surface area contributed by atoms with Crippen LogP contribution in [0.2, 0.25) is 0 Å². The number of ether oxygens (including phenoxy) is 2. The smallest absolute Gasteiger partial charge is 0.496 e. The van der Waals surface area contributed by atoms with Crippen LogP contribution in [0.5, 0.6) is 5.75 Å². The highest BCUT2D eigenvalue weighted by atomic mass is 19.4. The van der Waals surface area contributed by atoms with Gasteiger partial charge in [-0.3, -0.25) is 0 Å². The number of rotatable bonds is 6. The normalized spacial score (nSPS) is 11.6. The topological polar surface area (TPSA) is 18.5 Å². The van der Waals surface area contributed by atoms with E-state index in [1.807, 2.05) is 0 Å². The van der Waals surface area contributed by atoms with Gasteiger partial charge in [-0.2, -0.15) is 0 Å². The van der Waals surface area contributed by atoms with Crippen LogP contribution in [0.15, 0.2) is 18.2 Å². The van der Waals surface area contributed by atoms with Crippen molar-refractivity contribution in [2.45, 2.75) is 13.3 Å². The van der Waals surface area contributed by atoms with Crippen molar-refractivity contribution in [2.75, 3.05) is 20.3 Å². The minimum absolute atomic E-state index is 0.0980. The Morgan fingerprint density at radius 3 is 2.47 bits per heavy atom. The zero-order valence-corrected chi connectivity index (χ0v) is 9.88. The Bertz CT molecular complexity index is 366. The summed E-state index contributed by atoms with van der Waals surface area (Å²) >= 11 is 0. The highest BCUT2D eigenvalue weighted by molar-refractivity contribution is 6.74. The third kappa shape index (κ3) is 4.30. The molecule has 17 heavy (non-hydrogen) atoms. The van der Waals surface area contributed by atoms with Crippen molar-refractivity contribution < 1.29 is 22.4 Å². The van der Waals surface area contributed by atoms with Gasteiger partial charge in [0.05, 0.1) is 12.4 Å². The van der Waals surface area contributed by atoms with Gasteiger partial charge >= 0.3 is 6.98 Å². The second kappa shape index (κ2) is 5.96. The summed E-state index contributed by atoms with van der Waals surface area (Å²) < 4.78 is 48.2. The molecule has 1 aromatic rings. The third-order valence-corrected chi connectivity index (χ3v) is 2.27. The SMILES string of the molecule is COCCCOc1ccc(C)cc1[B-](F)(F)F. The van der Waals surface area contributed by atoms with Crippen LogP contribution in [0.4, 0.5) is 12.9 Å². The first-order chi connectivity index (χ1) is 7.95. The quantitative estimate of drug-likeness (QED) is 0.567. The van der Waals surface area contributed by atoms with Crippen LogP contribution in [-0.2, 0) is 4.74 Å². The summed E-state index contributed by atoms with van der Waals surface area (Å²) in [5.41, 5.74) is -0.0918. The molecule has 0 saturated heterocycles. The van der Waals surface area contributed by atoms with Gasteiger partial charge < -0.3 is 22.4 Å². The molecule has 0 spiro atoms. The maximum Gasteiger partial charge on any atom is 0.513 e. The Kier molecular flexibility index (Phi) is 4.87.